The van der Waals surface area contributed by atoms with Gasteiger partial charge >= 0.3 is 6.09 Å². The number of benzene rings is 1. The van der Waals surface area contributed by atoms with Crippen LogP contribution >= 0.6 is 0 Å². The van der Waals surface area contributed by atoms with Gasteiger partial charge in [-0.15, -0.1) is 6.42 Å². The maximum atomic E-state index is 13.9. The van der Waals surface area contributed by atoms with E-state index in [4.69, 9.17) is 16.9 Å². The molecule has 202 valence electrons. The number of amides is 4. The Hall–Kier alpha value is -3.54. The number of alkyl carbamates (subject to hydrolysis) is 1. The first kappa shape index (κ1) is 29.7. The minimum atomic E-state index is -1.32. The highest BCUT2D eigenvalue weighted by Gasteiger charge is 2.39. The van der Waals surface area contributed by atoms with E-state index in [0.717, 1.165) is 32.1 Å². The molecule has 0 bridgehead atoms. The largest absolute Gasteiger partial charge is 0.444 e. The summed E-state index contributed by atoms with van der Waals surface area (Å²) in [5.74, 6) is 0.814. The van der Waals surface area contributed by atoms with Gasteiger partial charge in [-0.25, -0.2) is 4.79 Å². The van der Waals surface area contributed by atoms with Crippen LogP contribution < -0.4 is 16.4 Å². The van der Waals surface area contributed by atoms with Gasteiger partial charge in [-0.05, 0) is 65.2 Å². The summed E-state index contributed by atoms with van der Waals surface area (Å²) in [7, 11) is 0. The SMILES string of the molecule is C#Cc1ccc(C(C(=O)NC2CCCCC2)N(C(=O)C(CC(N)=O)NC(=O)OC(C)(C)C)C(C)C)cc1. The second kappa shape index (κ2) is 13.1. The van der Waals surface area contributed by atoms with Crippen LogP contribution in [0.25, 0.3) is 0 Å². The van der Waals surface area contributed by atoms with Crippen molar-refractivity contribution in [3.8, 4) is 12.3 Å². The Labute approximate surface area is 219 Å². The molecule has 2 atom stereocenters. The Morgan fingerprint density at radius 3 is 2.19 bits per heavy atom. The van der Waals surface area contributed by atoms with Crippen molar-refractivity contribution in [2.45, 2.75) is 103 Å². The standard InChI is InChI=1S/C28H40N4O5/c1-7-19-13-15-20(16-14-19)24(25(34)30-21-11-9-8-10-12-21)32(18(2)3)26(35)22(17-23(29)33)31-27(36)37-28(4,5)6/h1,13-16,18,21-22,24H,8-12,17H2,2-6H3,(H2,29,33)(H,30,34)(H,31,36). The lowest BCUT2D eigenvalue weighted by atomic mass is 9.94. The summed E-state index contributed by atoms with van der Waals surface area (Å²) in [4.78, 5) is 53.3. The van der Waals surface area contributed by atoms with Crippen LogP contribution in [0.3, 0.4) is 0 Å². The van der Waals surface area contributed by atoms with E-state index in [2.05, 4.69) is 16.6 Å². The second-order valence-corrected chi connectivity index (χ2v) is 10.7. The number of primary amides is 1. The fourth-order valence-electron chi connectivity index (χ4n) is 4.44. The molecule has 1 aliphatic rings. The Balaban J connectivity index is 2.46. The van der Waals surface area contributed by atoms with Crippen molar-refractivity contribution in [2.75, 3.05) is 0 Å². The van der Waals surface area contributed by atoms with Crippen LogP contribution in [0.2, 0.25) is 0 Å². The minimum absolute atomic E-state index is 0.0131. The molecule has 1 fully saturated rings. The summed E-state index contributed by atoms with van der Waals surface area (Å²) < 4.78 is 5.29. The molecule has 0 spiro atoms. The van der Waals surface area contributed by atoms with Gasteiger partial charge < -0.3 is 26.0 Å². The summed E-state index contributed by atoms with van der Waals surface area (Å²) >= 11 is 0. The van der Waals surface area contributed by atoms with Gasteiger partial charge in [0.2, 0.25) is 17.7 Å². The third-order valence-electron chi connectivity index (χ3n) is 6.08. The Kier molecular flexibility index (Phi) is 10.5. The van der Waals surface area contributed by atoms with Gasteiger partial charge in [0.05, 0.1) is 6.42 Å². The van der Waals surface area contributed by atoms with E-state index in [9.17, 15) is 19.2 Å². The van der Waals surface area contributed by atoms with E-state index in [1.54, 1.807) is 58.9 Å². The zero-order valence-electron chi connectivity index (χ0n) is 22.5. The number of carbonyl (C=O) groups is 4. The summed E-state index contributed by atoms with van der Waals surface area (Å²) in [6.45, 7) is 8.59. The van der Waals surface area contributed by atoms with E-state index in [1.807, 2.05) is 0 Å². The molecule has 0 aliphatic heterocycles. The fraction of sp³-hybridized carbons (Fsp3) is 0.571. The molecule has 2 rings (SSSR count). The molecule has 4 amide bonds. The number of nitrogens with two attached hydrogens (primary N) is 1. The number of rotatable bonds is 9. The Morgan fingerprint density at radius 1 is 1.11 bits per heavy atom. The van der Waals surface area contributed by atoms with Crippen LogP contribution in [-0.4, -0.2) is 52.4 Å². The predicted octanol–water partition coefficient (Wildman–Crippen LogP) is 3.16. The maximum Gasteiger partial charge on any atom is 0.408 e. The topological polar surface area (TPSA) is 131 Å². The van der Waals surface area contributed by atoms with Crippen molar-refractivity contribution in [1.29, 1.82) is 0 Å². The molecular formula is C28H40N4O5. The number of ether oxygens (including phenoxy) is 1. The van der Waals surface area contributed by atoms with Crippen LogP contribution in [0, 0.1) is 12.3 Å². The summed E-state index contributed by atoms with van der Waals surface area (Å²) in [5.41, 5.74) is 5.79. The molecule has 9 heteroatoms. The molecule has 9 nitrogen and oxygen atoms in total. The van der Waals surface area contributed by atoms with Crippen LogP contribution in [0.4, 0.5) is 4.79 Å². The third-order valence-corrected chi connectivity index (χ3v) is 6.08. The van der Waals surface area contributed by atoms with Crippen molar-refractivity contribution in [1.82, 2.24) is 15.5 Å². The highest BCUT2D eigenvalue weighted by molar-refractivity contribution is 5.94. The second-order valence-electron chi connectivity index (χ2n) is 10.7. The summed E-state index contributed by atoms with van der Waals surface area (Å²) in [6, 6.07) is 4.07. The monoisotopic (exact) mass is 512 g/mol. The molecule has 37 heavy (non-hydrogen) atoms. The summed E-state index contributed by atoms with van der Waals surface area (Å²) in [5, 5.41) is 5.58. The number of terminal acetylenes is 1. The number of nitrogens with zero attached hydrogens (tertiary/aromatic N) is 1. The van der Waals surface area contributed by atoms with E-state index >= 15 is 0 Å². The number of carbonyl (C=O) groups excluding carboxylic acids is 4. The lowest BCUT2D eigenvalue weighted by molar-refractivity contribution is -0.145. The van der Waals surface area contributed by atoms with Gasteiger partial charge in [0.25, 0.3) is 0 Å². The van der Waals surface area contributed by atoms with Crippen molar-refractivity contribution in [3.63, 3.8) is 0 Å². The van der Waals surface area contributed by atoms with Gasteiger partial charge in [0.1, 0.15) is 17.7 Å². The quantitative estimate of drug-likeness (QED) is 0.438. The number of hydrogen-bond acceptors (Lipinski definition) is 5. The minimum Gasteiger partial charge on any atom is -0.444 e. The molecular weight excluding hydrogens is 472 g/mol. The molecule has 0 saturated heterocycles. The zero-order chi connectivity index (χ0) is 27.8. The first-order chi connectivity index (χ1) is 17.3. The van der Waals surface area contributed by atoms with E-state index in [0.29, 0.717) is 11.1 Å². The van der Waals surface area contributed by atoms with Crippen molar-refractivity contribution in [2.24, 2.45) is 5.73 Å². The summed E-state index contributed by atoms with van der Waals surface area (Å²) in [6.07, 6.45) is 9.11. The van der Waals surface area contributed by atoms with Gasteiger partial charge in [-0.3, -0.25) is 14.4 Å². The molecule has 1 aliphatic carbocycles. The van der Waals surface area contributed by atoms with Crippen LogP contribution in [0.1, 0.15) is 90.3 Å². The molecule has 0 radical (unpaired) electrons. The number of hydrogen-bond donors (Lipinski definition) is 3. The van der Waals surface area contributed by atoms with E-state index in [1.165, 1.54) is 4.90 Å². The lowest BCUT2D eigenvalue weighted by Crippen LogP contribution is -2.56. The van der Waals surface area contributed by atoms with Crippen LogP contribution in [0.15, 0.2) is 24.3 Å². The normalized spacial score (nSPS) is 15.7. The predicted molar refractivity (Wildman–Crippen MR) is 141 cm³/mol. The van der Waals surface area contributed by atoms with Crippen molar-refractivity contribution >= 4 is 23.8 Å². The van der Waals surface area contributed by atoms with E-state index in [-0.39, 0.29) is 11.9 Å². The van der Waals surface area contributed by atoms with Crippen molar-refractivity contribution < 1.29 is 23.9 Å². The number of nitrogens with one attached hydrogen (secondary N) is 2. The van der Waals surface area contributed by atoms with Crippen LogP contribution in [-0.2, 0) is 19.1 Å². The Morgan fingerprint density at radius 2 is 1.70 bits per heavy atom. The molecule has 4 N–H and O–H groups in total. The highest BCUT2D eigenvalue weighted by atomic mass is 16.6. The molecule has 0 aromatic heterocycles. The van der Waals surface area contributed by atoms with Crippen LogP contribution in [0.5, 0.6) is 0 Å². The highest BCUT2D eigenvalue weighted by Crippen LogP contribution is 2.27. The van der Waals surface area contributed by atoms with Gasteiger partial charge in [-0.2, -0.15) is 0 Å². The smallest absolute Gasteiger partial charge is 0.408 e. The molecule has 0 heterocycles. The average Bonchev–Trinajstić information content (AvgIpc) is 2.80. The molecule has 1 aromatic carbocycles. The first-order valence-electron chi connectivity index (χ1n) is 12.8. The first-order valence-corrected chi connectivity index (χ1v) is 12.8. The zero-order valence-corrected chi connectivity index (χ0v) is 22.5. The van der Waals surface area contributed by atoms with E-state index < -0.39 is 48.1 Å². The van der Waals surface area contributed by atoms with Crippen molar-refractivity contribution in [3.05, 3.63) is 35.4 Å². The lowest BCUT2D eigenvalue weighted by Gasteiger charge is -2.38. The van der Waals surface area contributed by atoms with Gasteiger partial charge in [-0.1, -0.05) is 37.3 Å². The Bertz CT molecular complexity index is 1000. The van der Waals surface area contributed by atoms with Gasteiger partial charge in [0, 0.05) is 17.6 Å². The third kappa shape index (κ3) is 9.12. The fourth-order valence-corrected chi connectivity index (χ4v) is 4.44. The molecule has 1 aromatic rings. The molecule has 1 saturated carbocycles. The average molecular weight is 513 g/mol. The molecule has 2 unspecified atom stereocenters. The van der Waals surface area contributed by atoms with Gasteiger partial charge in [0.15, 0.2) is 0 Å². The maximum absolute atomic E-state index is 13.9.